The highest BCUT2D eigenvalue weighted by atomic mass is 16.5. The van der Waals surface area contributed by atoms with Crippen LogP contribution in [0.3, 0.4) is 0 Å². The fourth-order valence-corrected chi connectivity index (χ4v) is 3.19. The molecule has 0 radical (unpaired) electrons. The number of nitriles is 1. The first-order valence-electron chi connectivity index (χ1n) is 7.19. The van der Waals surface area contributed by atoms with Crippen molar-refractivity contribution in [2.45, 2.75) is 30.7 Å². The third kappa shape index (κ3) is 2.37. The van der Waals surface area contributed by atoms with Crippen molar-refractivity contribution in [3.8, 4) is 6.07 Å². The first-order valence-corrected chi connectivity index (χ1v) is 7.19. The molecule has 5 nitrogen and oxygen atoms in total. The van der Waals surface area contributed by atoms with Crippen molar-refractivity contribution in [1.29, 1.82) is 5.26 Å². The Kier molecular flexibility index (Phi) is 3.60. The molecule has 3 rings (SSSR count). The van der Waals surface area contributed by atoms with Gasteiger partial charge in [-0.1, -0.05) is 0 Å². The number of nitrogens with zero attached hydrogens (tertiary/aromatic N) is 3. The fourth-order valence-electron chi connectivity index (χ4n) is 3.19. The van der Waals surface area contributed by atoms with Crippen molar-refractivity contribution in [2.75, 3.05) is 32.0 Å². The van der Waals surface area contributed by atoms with E-state index in [2.05, 4.69) is 16.0 Å². The lowest BCUT2D eigenvalue weighted by Gasteiger charge is -2.39. The Morgan fingerprint density at radius 1 is 1.40 bits per heavy atom. The van der Waals surface area contributed by atoms with E-state index >= 15 is 0 Å². The number of pyridine rings is 1. The van der Waals surface area contributed by atoms with Crippen molar-refractivity contribution < 1.29 is 4.74 Å². The number of ether oxygens (including phenoxy) is 1. The van der Waals surface area contributed by atoms with Gasteiger partial charge in [0.05, 0.1) is 30.3 Å². The Balaban J connectivity index is 1.73. The summed E-state index contributed by atoms with van der Waals surface area (Å²) in [4.78, 5) is 6.84. The van der Waals surface area contributed by atoms with Gasteiger partial charge in [-0.2, -0.15) is 5.26 Å². The molecule has 1 unspecified atom stereocenters. The first kappa shape index (κ1) is 13.3. The van der Waals surface area contributed by atoms with Crippen LogP contribution in [-0.4, -0.2) is 42.2 Å². The van der Waals surface area contributed by atoms with Crippen LogP contribution in [0, 0.1) is 11.3 Å². The summed E-state index contributed by atoms with van der Waals surface area (Å²) in [5.41, 5.74) is 6.72. The van der Waals surface area contributed by atoms with E-state index in [0.29, 0.717) is 11.7 Å². The van der Waals surface area contributed by atoms with Gasteiger partial charge in [-0.15, -0.1) is 0 Å². The molecule has 1 atom stereocenters. The second kappa shape index (κ2) is 5.39. The summed E-state index contributed by atoms with van der Waals surface area (Å²) in [6, 6.07) is 6.76. The van der Waals surface area contributed by atoms with Crippen molar-refractivity contribution >= 4 is 5.69 Å². The quantitative estimate of drug-likeness (QED) is 0.878. The largest absolute Gasteiger partial charge is 0.397 e. The van der Waals surface area contributed by atoms with E-state index in [1.165, 1.54) is 0 Å². The van der Waals surface area contributed by atoms with Gasteiger partial charge in [0.25, 0.3) is 0 Å². The molecule has 1 aromatic rings. The number of hydrogen-bond donors (Lipinski definition) is 1. The third-order valence-electron chi connectivity index (χ3n) is 4.56. The Hall–Kier alpha value is -1.64. The van der Waals surface area contributed by atoms with Crippen LogP contribution in [0.5, 0.6) is 0 Å². The zero-order chi connectivity index (χ0) is 14.0. The van der Waals surface area contributed by atoms with E-state index in [1.54, 1.807) is 6.20 Å². The molecule has 0 spiro atoms. The molecule has 0 amide bonds. The molecule has 0 saturated carbocycles. The van der Waals surface area contributed by atoms with E-state index in [0.717, 1.165) is 51.3 Å². The Bertz CT molecular complexity index is 494. The summed E-state index contributed by atoms with van der Waals surface area (Å²) >= 11 is 0. The SMILES string of the molecule is N#CC1(c2ccc(N)cn2)CCN(C2CCOC2)CC1. The van der Waals surface area contributed by atoms with Gasteiger partial charge in [-0.3, -0.25) is 9.88 Å². The van der Waals surface area contributed by atoms with Gasteiger partial charge in [0, 0.05) is 25.7 Å². The van der Waals surface area contributed by atoms with Gasteiger partial charge in [-0.25, -0.2) is 0 Å². The molecule has 2 aliphatic rings. The Labute approximate surface area is 119 Å². The summed E-state index contributed by atoms with van der Waals surface area (Å²) in [5.74, 6) is 0. The molecule has 2 aliphatic heterocycles. The zero-order valence-corrected chi connectivity index (χ0v) is 11.6. The second-order valence-corrected chi connectivity index (χ2v) is 5.72. The van der Waals surface area contributed by atoms with E-state index in [-0.39, 0.29) is 0 Å². The lowest BCUT2D eigenvalue weighted by molar-refractivity contribution is 0.110. The fraction of sp³-hybridized carbons (Fsp3) is 0.600. The number of likely N-dealkylation sites (tertiary alicyclic amines) is 1. The lowest BCUT2D eigenvalue weighted by atomic mass is 9.76. The first-order chi connectivity index (χ1) is 9.73. The second-order valence-electron chi connectivity index (χ2n) is 5.72. The minimum atomic E-state index is -0.455. The molecule has 2 fully saturated rings. The highest BCUT2D eigenvalue weighted by Crippen LogP contribution is 2.35. The van der Waals surface area contributed by atoms with Crippen LogP contribution >= 0.6 is 0 Å². The van der Waals surface area contributed by atoms with E-state index in [9.17, 15) is 5.26 Å². The summed E-state index contributed by atoms with van der Waals surface area (Å²) in [5, 5.41) is 9.65. The van der Waals surface area contributed by atoms with E-state index < -0.39 is 5.41 Å². The molecule has 0 aliphatic carbocycles. The molecular formula is C15H20N4O. The summed E-state index contributed by atoms with van der Waals surface area (Å²) in [6.07, 6.45) is 4.42. The van der Waals surface area contributed by atoms with Crippen LogP contribution in [0.15, 0.2) is 18.3 Å². The van der Waals surface area contributed by atoms with Gasteiger partial charge >= 0.3 is 0 Å². The van der Waals surface area contributed by atoms with Crippen LogP contribution in [0.1, 0.15) is 25.0 Å². The van der Waals surface area contributed by atoms with Crippen LogP contribution < -0.4 is 5.73 Å². The van der Waals surface area contributed by atoms with Crippen LogP contribution in [0.4, 0.5) is 5.69 Å². The molecule has 0 aromatic carbocycles. The van der Waals surface area contributed by atoms with Crippen LogP contribution in [0.25, 0.3) is 0 Å². The Morgan fingerprint density at radius 3 is 2.75 bits per heavy atom. The van der Waals surface area contributed by atoms with Gasteiger partial charge in [-0.05, 0) is 31.4 Å². The van der Waals surface area contributed by atoms with Crippen molar-refractivity contribution in [3.63, 3.8) is 0 Å². The average Bonchev–Trinajstić information content (AvgIpc) is 3.02. The summed E-state index contributed by atoms with van der Waals surface area (Å²) in [7, 11) is 0. The maximum atomic E-state index is 9.65. The normalized spacial score (nSPS) is 26.2. The molecule has 2 saturated heterocycles. The molecule has 20 heavy (non-hydrogen) atoms. The standard InChI is InChI=1S/C15H20N4O/c16-11-15(14-2-1-12(17)9-18-14)4-6-19(7-5-15)13-3-8-20-10-13/h1-2,9,13H,3-8,10,17H2. The average molecular weight is 272 g/mol. The number of rotatable bonds is 2. The number of anilines is 1. The maximum Gasteiger partial charge on any atom is 0.102 e. The summed E-state index contributed by atoms with van der Waals surface area (Å²) < 4.78 is 5.45. The number of piperidine rings is 1. The minimum absolute atomic E-state index is 0.455. The smallest absolute Gasteiger partial charge is 0.102 e. The monoisotopic (exact) mass is 272 g/mol. The predicted molar refractivity (Wildman–Crippen MR) is 76.0 cm³/mol. The minimum Gasteiger partial charge on any atom is -0.397 e. The van der Waals surface area contributed by atoms with Gasteiger partial charge in [0.15, 0.2) is 0 Å². The Morgan fingerprint density at radius 2 is 2.20 bits per heavy atom. The number of nitrogens with two attached hydrogens (primary N) is 1. The maximum absolute atomic E-state index is 9.65. The molecule has 2 N–H and O–H groups in total. The molecule has 0 bridgehead atoms. The zero-order valence-electron chi connectivity index (χ0n) is 11.6. The summed E-state index contributed by atoms with van der Waals surface area (Å²) in [6.45, 7) is 3.57. The highest BCUT2D eigenvalue weighted by molar-refractivity contribution is 5.38. The van der Waals surface area contributed by atoms with Crippen molar-refractivity contribution in [2.24, 2.45) is 0 Å². The van der Waals surface area contributed by atoms with Crippen LogP contribution in [-0.2, 0) is 10.2 Å². The number of hydrogen-bond acceptors (Lipinski definition) is 5. The molecular weight excluding hydrogens is 252 g/mol. The topological polar surface area (TPSA) is 75.2 Å². The van der Waals surface area contributed by atoms with Gasteiger partial charge < -0.3 is 10.5 Å². The molecule has 106 valence electrons. The van der Waals surface area contributed by atoms with Crippen LogP contribution in [0.2, 0.25) is 0 Å². The van der Waals surface area contributed by atoms with E-state index in [1.807, 2.05) is 12.1 Å². The van der Waals surface area contributed by atoms with E-state index in [4.69, 9.17) is 10.5 Å². The van der Waals surface area contributed by atoms with Crippen molar-refractivity contribution in [3.05, 3.63) is 24.0 Å². The van der Waals surface area contributed by atoms with Gasteiger partial charge in [0.1, 0.15) is 5.41 Å². The van der Waals surface area contributed by atoms with Crippen molar-refractivity contribution in [1.82, 2.24) is 9.88 Å². The van der Waals surface area contributed by atoms with Gasteiger partial charge in [0.2, 0.25) is 0 Å². The lowest BCUT2D eigenvalue weighted by Crippen LogP contribution is -2.47. The molecule has 1 aromatic heterocycles. The molecule has 3 heterocycles. The molecule has 5 heteroatoms. The highest BCUT2D eigenvalue weighted by Gasteiger charge is 2.39. The number of aromatic nitrogens is 1. The predicted octanol–water partition coefficient (Wildman–Crippen LogP) is 1.31. The number of nitrogen functional groups attached to an aromatic ring is 1. The third-order valence-corrected chi connectivity index (χ3v) is 4.56.